The Hall–Kier alpha value is -2.98. The van der Waals surface area contributed by atoms with E-state index in [1.165, 1.54) is 6.07 Å². The molecule has 0 aromatic heterocycles. The van der Waals surface area contributed by atoms with Crippen molar-refractivity contribution in [3.63, 3.8) is 0 Å². The van der Waals surface area contributed by atoms with Crippen LogP contribution >= 0.6 is 0 Å². The van der Waals surface area contributed by atoms with Gasteiger partial charge in [-0.3, -0.25) is 10.1 Å². The summed E-state index contributed by atoms with van der Waals surface area (Å²) < 4.78 is 13.8. The van der Waals surface area contributed by atoms with Crippen molar-refractivity contribution in [2.45, 2.75) is 19.0 Å². The van der Waals surface area contributed by atoms with Gasteiger partial charge in [0.25, 0.3) is 0 Å². The summed E-state index contributed by atoms with van der Waals surface area (Å²) in [4.78, 5) is 12.5. The van der Waals surface area contributed by atoms with Crippen molar-refractivity contribution < 1.29 is 9.18 Å². The summed E-state index contributed by atoms with van der Waals surface area (Å²) in [6, 6.07) is 25.4. The van der Waals surface area contributed by atoms with Crippen molar-refractivity contribution in [1.29, 1.82) is 0 Å². The van der Waals surface area contributed by atoms with E-state index in [2.05, 4.69) is 10.6 Å². The summed E-state index contributed by atoms with van der Waals surface area (Å²) >= 11 is 0. The molecule has 0 spiro atoms. The molecule has 26 heavy (non-hydrogen) atoms. The van der Waals surface area contributed by atoms with Crippen LogP contribution in [0.3, 0.4) is 0 Å². The summed E-state index contributed by atoms with van der Waals surface area (Å²) in [5, 5.41) is 6.00. The lowest BCUT2D eigenvalue weighted by Crippen LogP contribution is -2.40. The van der Waals surface area contributed by atoms with Crippen molar-refractivity contribution in [2.24, 2.45) is 0 Å². The van der Waals surface area contributed by atoms with Gasteiger partial charge < -0.3 is 5.32 Å². The van der Waals surface area contributed by atoms with Crippen LogP contribution in [-0.4, -0.2) is 11.9 Å². The standard InChI is InChI=1S/C22H21FN2O/c1-16(22(26)25-20-15-9-8-14-19(20)23)24-21(17-10-4-2-5-11-17)18-12-6-3-7-13-18/h2-16,21,24H,1H3,(H,25,26). The molecule has 0 aliphatic carbocycles. The molecule has 1 amide bonds. The van der Waals surface area contributed by atoms with E-state index in [9.17, 15) is 9.18 Å². The van der Waals surface area contributed by atoms with Gasteiger partial charge in [0.2, 0.25) is 5.91 Å². The number of nitrogens with one attached hydrogen (secondary N) is 2. The van der Waals surface area contributed by atoms with Crippen LogP contribution in [0.2, 0.25) is 0 Å². The number of halogens is 1. The monoisotopic (exact) mass is 348 g/mol. The largest absolute Gasteiger partial charge is 0.322 e. The molecule has 3 nitrogen and oxygen atoms in total. The molecule has 0 saturated carbocycles. The molecular formula is C22H21FN2O. The predicted molar refractivity (Wildman–Crippen MR) is 102 cm³/mol. The Balaban J connectivity index is 1.78. The van der Waals surface area contributed by atoms with Crippen LogP contribution in [-0.2, 0) is 4.79 Å². The van der Waals surface area contributed by atoms with Crippen molar-refractivity contribution in [3.05, 3.63) is 102 Å². The number of para-hydroxylation sites is 1. The highest BCUT2D eigenvalue weighted by Crippen LogP contribution is 2.22. The second kappa shape index (κ2) is 8.41. The molecular weight excluding hydrogens is 327 g/mol. The normalized spacial score (nSPS) is 12.0. The minimum atomic E-state index is -0.514. The first-order valence-electron chi connectivity index (χ1n) is 8.56. The van der Waals surface area contributed by atoms with Crippen LogP contribution in [0.1, 0.15) is 24.1 Å². The van der Waals surface area contributed by atoms with E-state index >= 15 is 0 Å². The van der Waals surface area contributed by atoms with E-state index < -0.39 is 11.9 Å². The van der Waals surface area contributed by atoms with Gasteiger partial charge in [-0.15, -0.1) is 0 Å². The molecule has 1 atom stereocenters. The zero-order chi connectivity index (χ0) is 18.4. The number of amides is 1. The Bertz CT molecular complexity index is 813. The van der Waals surface area contributed by atoms with Crippen LogP contribution in [0.5, 0.6) is 0 Å². The highest BCUT2D eigenvalue weighted by atomic mass is 19.1. The first kappa shape index (κ1) is 17.8. The second-order valence-electron chi connectivity index (χ2n) is 6.11. The number of carbonyl (C=O) groups is 1. The first-order valence-corrected chi connectivity index (χ1v) is 8.56. The minimum absolute atomic E-state index is 0.140. The van der Waals surface area contributed by atoms with Crippen molar-refractivity contribution in [2.75, 3.05) is 5.32 Å². The Morgan fingerprint density at radius 3 is 1.85 bits per heavy atom. The van der Waals surface area contributed by atoms with Crippen LogP contribution in [0.15, 0.2) is 84.9 Å². The third-order valence-electron chi connectivity index (χ3n) is 4.21. The molecule has 0 aliphatic rings. The molecule has 0 saturated heterocycles. The topological polar surface area (TPSA) is 41.1 Å². The van der Waals surface area contributed by atoms with E-state index in [4.69, 9.17) is 0 Å². The van der Waals surface area contributed by atoms with Gasteiger partial charge in [-0.25, -0.2) is 4.39 Å². The van der Waals surface area contributed by atoms with Gasteiger partial charge in [-0.2, -0.15) is 0 Å². The van der Waals surface area contributed by atoms with Crippen molar-refractivity contribution in [3.8, 4) is 0 Å². The van der Waals surface area contributed by atoms with Gasteiger partial charge in [-0.1, -0.05) is 72.8 Å². The van der Waals surface area contributed by atoms with Crippen LogP contribution in [0, 0.1) is 5.82 Å². The molecule has 0 heterocycles. The summed E-state index contributed by atoms with van der Waals surface area (Å²) in [5.74, 6) is -0.734. The van der Waals surface area contributed by atoms with Gasteiger partial charge in [0, 0.05) is 0 Å². The molecule has 0 fully saturated rings. The quantitative estimate of drug-likeness (QED) is 0.687. The van der Waals surface area contributed by atoms with Gasteiger partial charge in [0.15, 0.2) is 0 Å². The lowest BCUT2D eigenvalue weighted by molar-refractivity contribution is -0.117. The predicted octanol–water partition coefficient (Wildman–Crippen LogP) is 4.53. The number of carbonyl (C=O) groups excluding carboxylic acids is 1. The molecule has 3 rings (SSSR count). The van der Waals surface area contributed by atoms with Crippen LogP contribution in [0.4, 0.5) is 10.1 Å². The van der Waals surface area contributed by atoms with Gasteiger partial charge in [-0.05, 0) is 30.2 Å². The number of rotatable bonds is 6. The lowest BCUT2D eigenvalue weighted by Gasteiger charge is -2.24. The minimum Gasteiger partial charge on any atom is -0.322 e. The molecule has 1 unspecified atom stereocenters. The zero-order valence-corrected chi connectivity index (χ0v) is 14.5. The maximum Gasteiger partial charge on any atom is 0.241 e. The third-order valence-corrected chi connectivity index (χ3v) is 4.21. The number of hydrogen-bond acceptors (Lipinski definition) is 2. The van der Waals surface area contributed by atoms with E-state index in [-0.39, 0.29) is 17.6 Å². The highest BCUT2D eigenvalue weighted by molar-refractivity contribution is 5.94. The van der Waals surface area contributed by atoms with Crippen LogP contribution in [0.25, 0.3) is 0 Å². The van der Waals surface area contributed by atoms with Gasteiger partial charge >= 0.3 is 0 Å². The van der Waals surface area contributed by atoms with E-state index in [0.717, 1.165) is 11.1 Å². The number of hydrogen-bond donors (Lipinski definition) is 2. The van der Waals surface area contributed by atoms with Crippen LogP contribution < -0.4 is 10.6 Å². The molecule has 132 valence electrons. The van der Waals surface area contributed by atoms with Gasteiger partial charge in [0.05, 0.1) is 17.8 Å². The molecule has 3 aromatic rings. The highest BCUT2D eigenvalue weighted by Gasteiger charge is 2.21. The maximum absolute atomic E-state index is 13.8. The Morgan fingerprint density at radius 2 is 1.31 bits per heavy atom. The number of benzene rings is 3. The average Bonchev–Trinajstić information content (AvgIpc) is 2.69. The lowest BCUT2D eigenvalue weighted by atomic mass is 9.98. The fourth-order valence-corrected chi connectivity index (χ4v) is 2.81. The number of anilines is 1. The Kier molecular flexibility index (Phi) is 5.77. The molecule has 2 N–H and O–H groups in total. The third kappa shape index (κ3) is 4.35. The Morgan fingerprint density at radius 1 is 0.808 bits per heavy atom. The molecule has 4 heteroatoms. The molecule has 0 bridgehead atoms. The van der Waals surface area contributed by atoms with Gasteiger partial charge in [0.1, 0.15) is 5.82 Å². The Labute approximate surface area is 152 Å². The fourth-order valence-electron chi connectivity index (χ4n) is 2.81. The molecule has 3 aromatic carbocycles. The fraction of sp³-hybridized carbons (Fsp3) is 0.136. The smallest absolute Gasteiger partial charge is 0.241 e. The first-order chi connectivity index (χ1) is 12.6. The summed E-state index contributed by atoms with van der Waals surface area (Å²) in [7, 11) is 0. The average molecular weight is 348 g/mol. The summed E-state index contributed by atoms with van der Waals surface area (Å²) in [5.41, 5.74) is 2.30. The van der Waals surface area contributed by atoms with E-state index in [1.807, 2.05) is 60.7 Å². The summed E-state index contributed by atoms with van der Waals surface area (Å²) in [6.07, 6.45) is 0. The van der Waals surface area contributed by atoms with Crippen molar-refractivity contribution in [1.82, 2.24) is 5.32 Å². The van der Waals surface area contributed by atoms with E-state index in [1.54, 1.807) is 25.1 Å². The second-order valence-corrected chi connectivity index (χ2v) is 6.11. The molecule has 0 aliphatic heterocycles. The zero-order valence-electron chi connectivity index (χ0n) is 14.5. The summed E-state index contributed by atoms with van der Waals surface area (Å²) in [6.45, 7) is 1.77. The van der Waals surface area contributed by atoms with Crippen molar-refractivity contribution >= 4 is 11.6 Å². The van der Waals surface area contributed by atoms with E-state index in [0.29, 0.717) is 0 Å². The molecule has 0 radical (unpaired) electrons. The SMILES string of the molecule is CC(NC(c1ccccc1)c1ccccc1)C(=O)Nc1ccccc1F. The maximum atomic E-state index is 13.8.